The molecule has 20 heavy (non-hydrogen) atoms. The minimum absolute atomic E-state index is 0.772. The lowest BCUT2D eigenvalue weighted by Crippen LogP contribution is -2.34. The molecule has 1 saturated heterocycles. The third-order valence-electron chi connectivity index (χ3n) is 4.37. The molecule has 4 nitrogen and oxygen atoms in total. The zero-order chi connectivity index (χ0) is 13.9. The lowest BCUT2D eigenvalue weighted by molar-refractivity contribution is 0.191. The highest BCUT2D eigenvalue weighted by Crippen LogP contribution is 2.22. The van der Waals surface area contributed by atoms with Crippen LogP contribution in [0.4, 0.5) is 0 Å². The molecule has 0 atom stereocenters. The summed E-state index contributed by atoms with van der Waals surface area (Å²) in [4.78, 5) is 7.25. The van der Waals surface area contributed by atoms with E-state index in [1.807, 2.05) is 22.6 Å². The van der Waals surface area contributed by atoms with E-state index < -0.39 is 0 Å². The maximum absolute atomic E-state index is 5.38. The van der Waals surface area contributed by atoms with Crippen LogP contribution in [0.5, 0.6) is 5.88 Å². The van der Waals surface area contributed by atoms with Gasteiger partial charge in [-0.3, -0.25) is 4.40 Å². The van der Waals surface area contributed by atoms with E-state index in [1.54, 1.807) is 7.11 Å². The molecule has 0 aliphatic carbocycles. The van der Waals surface area contributed by atoms with Crippen LogP contribution < -0.4 is 4.74 Å². The van der Waals surface area contributed by atoms with Gasteiger partial charge in [-0.05, 0) is 56.9 Å². The molecule has 0 spiro atoms. The molecule has 1 fully saturated rings. The molecular weight excluding hydrogens is 250 g/mol. The van der Waals surface area contributed by atoms with Gasteiger partial charge in [0.15, 0.2) is 5.88 Å². The Bertz CT molecular complexity index is 570. The number of hydrogen-bond acceptors (Lipinski definition) is 3. The Morgan fingerprint density at radius 3 is 2.80 bits per heavy atom. The van der Waals surface area contributed by atoms with Crippen LogP contribution in [0.25, 0.3) is 5.65 Å². The molecular formula is C16H23N3O. The van der Waals surface area contributed by atoms with Crippen molar-refractivity contribution < 1.29 is 4.74 Å². The third-order valence-corrected chi connectivity index (χ3v) is 4.37. The second kappa shape index (κ2) is 5.83. The van der Waals surface area contributed by atoms with E-state index in [1.165, 1.54) is 38.2 Å². The summed E-state index contributed by atoms with van der Waals surface area (Å²) < 4.78 is 7.41. The molecule has 0 radical (unpaired) electrons. The van der Waals surface area contributed by atoms with Crippen LogP contribution in [0.3, 0.4) is 0 Å². The Morgan fingerprint density at radius 1 is 1.30 bits per heavy atom. The molecule has 3 heterocycles. The van der Waals surface area contributed by atoms with Crippen molar-refractivity contribution >= 4 is 5.65 Å². The summed E-state index contributed by atoms with van der Waals surface area (Å²) in [7, 11) is 1.70. The molecule has 1 aliphatic rings. The summed E-state index contributed by atoms with van der Waals surface area (Å²) in [6, 6.07) is 5.99. The number of imidazole rings is 1. The molecule has 0 aromatic carbocycles. The molecule has 3 rings (SSSR count). The van der Waals surface area contributed by atoms with Crippen molar-refractivity contribution in [1.29, 1.82) is 0 Å². The van der Waals surface area contributed by atoms with Gasteiger partial charge in [0.1, 0.15) is 5.65 Å². The van der Waals surface area contributed by atoms with Gasteiger partial charge >= 0.3 is 0 Å². The first-order chi connectivity index (χ1) is 9.80. The number of ether oxygens (including phenoxy) is 1. The zero-order valence-electron chi connectivity index (χ0n) is 12.4. The molecule has 108 valence electrons. The van der Waals surface area contributed by atoms with E-state index in [0.717, 1.165) is 23.9 Å². The maximum atomic E-state index is 5.38. The molecule has 2 aromatic heterocycles. The van der Waals surface area contributed by atoms with Gasteiger partial charge in [0.2, 0.25) is 0 Å². The van der Waals surface area contributed by atoms with Crippen molar-refractivity contribution in [2.75, 3.05) is 26.7 Å². The lowest BCUT2D eigenvalue weighted by Gasteiger charge is -2.30. The fraction of sp³-hybridized carbons (Fsp3) is 0.562. The van der Waals surface area contributed by atoms with Crippen molar-refractivity contribution in [2.45, 2.75) is 26.2 Å². The number of hydrogen-bond donors (Lipinski definition) is 0. The number of likely N-dealkylation sites (tertiary alicyclic amines) is 1. The monoisotopic (exact) mass is 273 g/mol. The van der Waals surface area contributed by atoms with Crippen LogP contribution in [0, 0.1) is 5.92 Å². The number of nitrogens with zero attached hydrogens (tertiary/aromatic N) is 3. The highest BCUT2D eigenvalue weighted by Gasteiger charge is 2.19. The topological polar surface area (TPSA) is 29.8 Å². The third kappa shape index (κ3) is 2.66. The summed E-state index contributed by atoms with van der Waals surface area (Å²) >= 11 is 0. The van der Waals surface area contributed by atoms with Crippen LogP contribution in [-0.2, 0) is 6.42 Å². The summed E-state index contributed by atoms with van der Waals surface area (Å²) in [5.41, 5.74) is 2.16. The number of methoxy groups -OCH3 is 1. The number of pyridine rings is 1. The predicted molar refractivity (Wildman–Crippen MR) is 80.3 cm³/mol. The van der Waals surface area contributed by atoms with E-state index in [-0.39, 0.29) is 0 Å². The van der Waals surface area contributed by atoms with Gasteiger partial charge in [-0.1, -0.05) is 13.0 Å². The zero-order valence-corrected chi connectivity index (χ0v) is 12.4. The molecule has 0 unspecified atom stereocenters. The summed E-state index contributed by atoms with van der Waals surface area (Å²) in [5, 5.41) is 0. The van der Waals surface area contributed by atoms with Gasteiger partial charge in [-0.15, -0.1) is 0 Å². The fourth-order valence-corrected chi connectivity index (χ4v) is 3.10. The summed E-state index contributed by atoms with van der Waals surface area (Å²) in [5.74, 6) is 1.62. The Balaban J connectivity index is 1.72. The molecule has 0 N–H and O–H groups in total. The molecule has 0 bridgehead atoms. The Kier molecular flexibility index (Phi) is 3.92. The molecule has 4 heteroatoms. The quantitative estimate of drug-likeness (QED) is 0.857. The van der Waals surface area contributed by atoms with Gasteiger partial charge in [-0.2, -0.15) is 0 Å². The SMILES string of the molecule is CCN1CCC(Cc2cn3c(OC)cccc3n2)CC1. The number of piperidine rings is 1. The average Bonchev–Trinajstić information content (AvgIpc) is 2.90. The Labute approximate surface area is 120 Å². The van der Waals surface area contributed by atoms with Crippen LogP contribution in [0.2, 0.25) is 0 Å². The fourth-order valence-electron chi connectivity index (χ4n) is 3.10. The highest BCUT2D eigenvalue weighted by molar-refractivity contribution is 5.43. The summed E-state index contributed by atoms with van der Waals surface area (Å²) in [6.07, 6.45) is 5.79. The van der Waals surface area contributed by atoms with E-state index in [9.17, 15) is 0 Å². The van der Waals surface area contributed by atoms with Crippen molar-refractivity contribution in [3.05, 3.63) is 30.1 Å². The number of aromatic nitrogens is 2. The first kappa shape index (κ1) is 13.4. The molecule has 0 saturated carbocycles. The van der Waals surface area contributed by atoms with Crippen molar-refractivity contribution in [3.8, 4) is 5.88 Å². The largest absolute Gasteiger partial charge is 0.482 e. The minimum Gasteiger partial charge on any atom is -0.482 e. The average molecular weight is 273 g/mol. The van der Waals surface area contributed by atoms with Crippen LogP contribution in [0.1, 0.15) is 25.5 Å². The normalized spacial score (nSPS) is 17.7. The van der Waals surface area contributed by atoms with Crippen molar-refractivity contribution in [3.63, 3.8) is 0 Å². The number of fused-ring (bicyclic) bond motifs is 1. The van der Waals surface area contributed by atoms with E-state index in [2.05, 4.69) is 18.0 Å². The van der Waals surface area contributed by atoms with Gasteiger partial charge in [-0.25, -0.2) is 4.98 Å². The van der Waals surface area contributed by atoms with Crippen LogP contribution in [-0.4, -0.2) is 41.0 Å². The van der Waals surface area contributed by atoms with Crippen LogP contribution >= 0.6 is 0 Å². The lowest BCUT2D eigenvalue weighted by atomic mass is 9.92. The van der Waals surface area contributed by atoms with E-state index in [4.69, 9.17) is 9.72 Å². The van der Waals surface area contributed by atoms with Crippen molar-refractivity contribution in [1.82, 2.24) is 14.3 Å². The molecule has 2 aromatic rings. The second-order valence-corrected chi connectivity index (χ2v) is 5.61. The summed E-state index contributed by atoms with van der Waals surface area (Å²) in [6.45, 7) is 5.89. The highest BCUT2D eigenvalue weighted by atomic mass is 16.5. The van der Waals surface area contributed by atoms with E-state index in [0.29, 0.717) is 0 Å². The standard InChI is InChI=1S/C16H23N3O/c1-3-18-9-7-13(8-10-18)11-14-12-19-15(17-14)5-4-6-16(19)20-2/h4-6,12-13H,3,7-11H2,1-2H3. The minimum atomic E-state index is 0.772. The maximum Gasteiger partial charge on any atom is 0.198 e. The second-order valence-electron chi connectivity index (χ2n) is 5.61. The number of rotatable bonds is 4. The Morgan fingerprint density at radius 2 is 2.10 bits per heavy atom. The smallest absolute Gasteiger partial charge is 0.198 e. The first-order valence-electron chi connectivity index (χ1n) is 7.53. The van der Waals surface area contributed by atoms with E-state index >= 15 is 0 Å². The van der Waals surface area contributed by atoms with Crippen molar-refractivity contribution in [2.24, 2.45) is 5.92 Å². The van der Waals surface area contributed by atoms with Gasteiger partial charge in [0.25, 0.3) is 0 Å². The first-order valence-corrected chi connectivity index (χ1v) is 7.53. The Hall–Kier alpha value is -1.55. The molecule has 1 aliphatic heterocycles. The molecule has 0 amide bonds. The predicted octanol–water partition coefficient (Wildman–Crippen LogP) is 2.62. The van der Waals surface area contributed by atoms with Gasteiger partial charge < -0.3 is 9.64 Å². The van der Waals surface area contributed by atoms with Gasteiger partial charge in [0.05, 0.1) is 12.8 Å². The van der Waals surface area contributed by atoms with Gasteiger partial charge in [0, 0.05) is 6.20 Å². The van der Waals surface area contributed by atoms with Crippen LogP contribution in [0.15, 0.2) is 24.4 Å².